The van der Waals surface area contributed by atoms with Gasteiger partial charge in [-0.05, 0) is 61.6 Å². The van der Waals surface area contributed by atoms with Gasteiger partial charge >= 0.3 is 0 Å². The number of hydrogen-bond donors (Lipinski definition) is 0. The van der Waals surface area contributed by atoms with Gasteiger partial charge in [0.2, 0.25) is 0 Å². The minimum atomic E-state index is -0.00105. The molecule has 1 unspecified atom stereocenters. The molecule has 3 aromatic rings. The molecule has 0 bridgehead atoms. The molecule has 1 aromatic heterocycles. The lowest BCUT2D eigenvalue weighted by Crippen LogP contribution is -2.31. The average molecular weight is 432 g/mol. The van der Waals surface area contributed by atoms with Gasteiger partial charge < -0.3 is 9.64 Å². The normalized spacial score (nSPS) is 18.8. The van der Waals surface area contributed by atoms with Crippen LogP contribution in [0.1, 0.15) is 66.3 Å². The maximum atomic E-state index is 13.5. The molecule has 32 heavy (non-hydrogen) atoms. The van der Waals surface area contributed by atoms with Crippen molar-refractivity contribution in [3.05, 3.63) is 69.8 Å². The average Bonchev–Trinajstić information content (AvgIpc) is 3.29. The van der Waals surface area contributed by atoms with E-state index < -0.39 is 0 Å². The van der Waals surface area contributed by atoms with Crippen molar-refractivity contribution in [3.63, 3.8) is 0 Å². The van der Waals surface area contributed by atoms with Crippen LogP contribution < -0.4 is 10.3 Å². The Bertz CT molecular complexity index is 1200. The molecule has 166 valence electrons. The van der Waals surface area contributed by atoms with Crippen LogP contribution in [0.15, 0.2) is 47.3 Å². The Morgan fingerprint density at radius 3 is 2.62 bits per heavy atom. The van der Waals surface area contributed by atoms with Crippen LogP contribution in [0, 0.1) is 0 Å². The topological polar surface area (TPSA) is 64.4 Å². The standard InChI is InChI=1S/C26H29N3O3/c1-32-20-12-9-18(10-13-20)23-7-6-16-28(23)25(30)19-11-14-21-22(17-19)27-24-8-4-2-3-5-15-29(24)26(21)31/h9-14,17,23H,2-8,15-16H2,1H3. The Morgan fingerprint density at radius 2 is 1.81 bits per heavy atom. The summed E-state index contributed by atoms with van der Waals surface area (Å²) in [6, 6.07) is 13.4. The van der Waals surface area contributed by atoms with E-state index in [0.29, 0.717) is 16.5 Å². The summed E-state index contributed by atoms with van der Waals surface area (Å²) in [5.41, 5.74) is 2.37. The Labute approximate surface area is 187 Å². The van der Waals surface area contributed by atoms with E-state index in [-0.39, 0.29) is 17.5 Å². The smallest absolute Gasteiger partial charge is 0.261 e. The molecule has 2 aliphatic heterocycles. The molecule has 0 spiro atoms. The number of aryl methyl sites for hydroxylation is 1. The van der Waals surface area contributed by atoms with Crippen LogP contribution in [0.4, 0.5) is 0 Å². The van der Waals surface area contributed by atoms with Crippen molar-refractivity contribution in [2.24, 2.45) is 0 Å². The molecule has 0 saturated carbocycles. The largest absolute Gasteiger partial charge is 0.497 e. The SMILES string of the molecule is COc1ccc(C2CCCN2C(=O)c2ccc3c(=O)n4c(nc3c2)CCCCCC4)cc1. The maximum absolute atomic E-state index is 13.5. The summed E-state index contributed by atoms with van der Waals surface area (Å²) in [7, 11) is 1.65. The number of aromatic nitrogens is 2. The lowest BCUT2D eigenvalue weighted by atomic mass is 10.0. The molecule has 3 heterocycles. The van der Waals surface area contributed by atoms with Gasteiger partial charge in [0, 0.05) is 25.1 Å². The Kier molecular flexibility index (Phi) is 5.68. The predicted molar refractivity (Wildman–Crippen MR) is 124 cm³/mol. The number of hydrogen-bond acceptors (Lipinski definition) is 4. The number of methoxy groups -OCH3 is 1. The quantitative estimate of drug-likeness (QED) is 0.613. The predicted octanol–water partition coefficient (Wildman–Crippen LogP) is 4.50. The van der Waals surface area contributed by atoms with Crippen LogP contribution >= 0.6 is 0 Å². The van der Waals surface area contributed by atoms with Crippen LogP contribution in [0.5, 0.6) is 5.75 Å². The highest BCUT2D eigenvalue weighted by molar-refractivity contribution is 5.98. The molecule has 6 heteroatoms. The van der Waals surface area contributed by atoms with E-state index in [1.807, 2.05) is 39.8 Å². The minimum absolute atomic E-state index is 0.00105. The van der Waals surface area contributed by atoms with Gasteiger partial charge in [0.15, 0.2) is 0 Å². The fraction of sp³-hybridized carbons (Fsp3) is 0.423. The number of benzene rings is 2. The van der Waals surface area contributed by atoms with Gasteiger partial charge in [-0.25, -0.2) is 4.98 Å². The number of fused-ring (bicyclic) bond motifs is 2. The number of carbonyl (C=O) groups is 1. The first kappa shape index (κ1) is 20.7. The summed E-state index contributed by atoms with van der Waals surface area (Å²) in [6.45, 7) is 1.46. The van der Waals surface area contributed by atoms with Crippen LogP contribution in [-0.4, -0.2) is 34.0 Å². The number of carbonyl (C=O) groups excluding carboxylic acids is 1. The lowest BCUT2D eigenvalue weighted by Gasteiger charge is -2.25. The van der Waals surface area contributed by atoms with Gasteiger partial charge in [-0.3, -0.25) is 14.2 Å². The van der Waals surface area contributed by atoms with E-state index in [1.165, 1.54) is 6.42 Å². The Hall–Kier alpha value is -3.15. The number of ether oxygens (including phenoxy) is 1. The van der Waals surface area contributed by atoms with Gasteiger partial charge in [-0.1, -0.05) is 25.0 Å². The van der Waals surface area contributed by atoms with E-state index in [0.717, 1.165) is 68.8 Å². The van der Waals surface area contributed by atoms with E-state index in [9.17, 15) is 9.59 Å². The molecule has 5 rings (SSSR count). The molecular formula is C26H29N3O3. The highest BCUT2D eigenvalue weighted by Gasteiger charge is 2.31. The van der Waals surface area contributed by atoms with Crippen LogP contribution in [0.2, 0.25) is 0 Å². The summed E-state index contributed by atoms with van der Waals surface area (Å²) in [5, 5.41) is 0.596. The lowest BCUT2D eigenvalue weighted by molar-refractivity contribution is 0.0736. The van der Waals surface area contributed by atoms with Gasteiger partial charge in [0.1, 0.15) is 11.6 Å². The van der Waals surface area contributed by atoms with E-state index in [1.54, 1.807) is 19.2 Å². The third-order valence-electron chi connectivity index (χ3n) is 6.83. The van der Waals surface area contributed by atoms with E-state index in [4.69, 9.17) is 9.72 Å². The molecule has 1 amide bonds. The fourth-order valence-corrected chi connectivity index (χ4v) is 5.08. The summed E-state index contributed by atoms with van der Waals surface area (Å²) < 4.78 is 7.10. The van der Waals surface area contributed by atoms with Gasteiger partial charge in [-0.15, -0.1) is 0 Å². The molecule has 6 nitrogen and oxygen atoms in total. The Morgan fingerprint density at radius 1 is 1.00 bits per heavy atom. The van der Waals surface area contributed by atoms with Gasteiger partial charge in [-0.2, -0.15) is 0 Å². The second-order valence-electron chi connectivity index (χ2n) is 8.81. The van der Waals surface area contributed by atoms with Crippen molar-refractivity contribution >= 4 is 16.8 Å². The first-order chi connectivity index (χ1) is 15.7. The highest BCUT2D eigenvalue weighted by atomic mass is 16.5. The minimum Gasteiger partial charge on any atom is -0.497 e. The van der Waals surface area contributed by atoms with Crippen molar-refractivity contribution in [2.45, 2.75) is 57.5 Å². The zero-order chi connectivity index (χ0) is 22.1. The third kappa shape index (κ3) is 3.78. The van der Waals surface area contributed by atoms with Gasteiger partial charge in [0.25, 0.3) is 11.5 Å². The number of amides is 1. The molecule has 2 aliphatic rings. The summed E-state index contributed by atoms with van der Waals surface area (Å²) >= 11 is 0. The zero-order valence-electron chi connectivity index (χ0n) is 18.5. The second kappa shape index (κ2) is 8.77. The third-order valence-corrected chi connectivity index (χ3v) is 6.83. The fourth-order valence-electron chi connectivity index (χ4n) is 5.08. The van der Waals surface area contributed by atoms with Crippen molar-refractivity contribution in [3.8, 4) is 5.75 Å². The monoisotopic (exact) mass is 431 g/mol. The van der Waals surface area contributed by atoms with Crippen molar-refractivity contribution < 1.29 is 9.53 Å². The van der Waals surface area contributed by atoms with Crippen molar-refractivity contribution in [1.29, 1.82) is 0 Å². The molecule has 0 N–H and O–H groups in total. The van der Waals surface area contributed by atoms with Gasteiger partial charge in [0.05, 0.1) is 24.1 Å². The van der Waals surface area contributed by atoms with Crippen LogP contribution in [-0.2, 0) is 13.0 Å². The second-order valence-corrected chi connectivity index (χ2v) is 8.81. The molecule has 0 radical (unpaired) electrons. The molecule has 1 fully saturated rings. The Balaban J connectivity index is 1.47. The summed E-state index contributed by atoms with van der Waals surface area (Å²) in [4.78, 5) is 33.3. The number of rotatable bonds is 3. The molecule has 2 aromatic carbocycles. The highest BCUT2D eigenvalue weighted by Crippen LogP contribution is 2.34. The first-order valence-electron chi connectivity index (χ1n) is 11.6. The first-order valence-corrected chi connectivity index (χ1v) is 11.6. The number of nitrogens with zero attached hydrogens (tertiary/aromatic N) is 3. The van der Waals surface area contributed by atoms with Crippen molar-refractivity contribution in [1.82, 2.24) is 14.5 Å². The van der Waals surface area contributed by atoms with E-state index in [2.05, 4.69) is 0 Å². The molecular weight excluding hydrogens is 402 g/mol. The molecule has 1 saturated heterocycles. The van der Waals surface area contributed by atoms with Crippen molar-refractivity contribution in [2.75, 3.05) is 13.7 Å². The maximum Gasteiger partial charge on any atom is 0.261 e. The molecule has 0 aliphatic carbocycles. The summed E-state index contributed by atoms with van der Waals surface area (Å²) in [5.74, 6) is 1.66. The van der Waals surface area contributed by atoms with E-state index >= 15 is 0 Å². The van der Waals surface area contributed by atoms with Crippen LogP contribution in [0.3, 0.4) is 0 Å². The van der Waals surface area contributed by atoms with Crippen LogP contribution in [0.25, 0.3) is 10.9 Å². The molecule has 1 atom stereocenters. The summed E-state index contributed by atoms with van der Waals surface area (Å²) in [6.07, 6.45) is 7.12. The zero-order valence-corrected chi connectivity index (χ0v) is 18.5. The number of likely N-dealkylation sites (tertiary alicyclic amines) is 1.